The summed E-state index contributed by atoms with van der Waals surface area (Å²) in [5.74, 6) is 0. The summed E-state index contributed by atoms with van der Waals surface area (Å²) >= 11 is 0. The number of rotatable bonds is 8. The average molecular weight is 802 g/mol. The van der Waals surface area contributed by atoms with Crippen molar-refractivity contribution in [3.8, 4) is 0 Å². The number of hydrogen-bond acceptors (Lipinski definition) is 0. The van der Waals surface area contributed by atoms with Gasteiger partial charge in [-0.25, -0.2) is 0 Å². The molecule has 0 heteroatoms. The Labute approximate surface area is 365 Å². The molecule has 0 amide bonds. The molecule has 0 nitrogen and oxygen atoms in total. The maximum Gasteiger partial charge on any atom is -0.0300 e. The fourth-order valence-electron chi connectivity index (χ4n) is 9.80. The summed E-state index contributed by atoms with van der Waals surface area (Å²) in [5, 5.41) is 0. The van der Waals surface area contributed by atoms with E-state index in [-0.39, 0.29) is 0 Å². The van der Waals surface area contributed by atoms with Crippen molar-refractivity contribution < 1.29 is 0 Å². The van der Waals surface area contributed by atoms with Gasteiger partial charge in [0.25, 0.3) is 0 Å². The van der Waals surface area contributed by atoms with Gasteiger partial charge in [0.05, 0.1) is 0 Å². The minimum atomic E-state index is 0.361. The van der Waals surface area contributed by atoms with E-state index in [1.54, 1.807) is 0 Å². The lowest BCUT2D eigenvalue weighted by atomic mass is 9.60. The summed E-state index contributed by atoms with van der Waals surface area (Å²) in [6.45, 7) is 34.0. The highest BCUT2D eigenvalue weighted by Gasteiger charge is 2.39. The molecule has 2 saturated carbocycles. The van der Waals surface area contributed by atoms with E-state index in [4.69, 9.17) is 0 Å². The van der Waals surface area contributed by atoms with Crippen molar-refractivity contribution in [3.05, 3.63) is 0 Å². The molecule has 0 unspecified atom stereocenters. The van der Waals surface area contributed by atoms with Crippen molar-refractivity contribution in [1.82, 2.24) is 0 Å². The lowest BCUT2D eigenvalue weighted by Crippen LogP contribution is -2.35. The Kier molecular flexibility index (Phi) is 31.8. The number of hydrogen-bond donors (Lipinski definition) is 0. The fourth-order valence-corrected chi connectivity index (χ4v) is 9.80. The van der Waals surface area contributed by atoms with Crippen LogP contribution in [0.4, 0.5) is 0 Å². The van der Waals surface area contributed by atoms with E-state index >= 15 is 0 Å². The highest BCUT2D eigenvalue weighted by atomic mass is 14.4. The summed E-state index contributed by atoms with van der Waals surface area (Å²) < 4.78 is 0. The van der Waals surface area contributed by atoms with Crippen LogP contribution in [0.2, 0.25) is 0 Å². The summed E-state index contributed by atoms with van der Waals surface area (Å²) in [5.41, 5.74) is 2.32. The molecule has 0 spiro atoms. The van der Waals surface area contributed by atoms with Crippen LogP contribution in [0.1, 0.15) is 335 Å². The standard InChI is InChI=1S/C25H52.2C16H32/c1-20(2,3)24(11,12)18-22(7,8)16-15-17-23(9,10)19-25(13,14)21(4,5)6;2*1-2-4-6-8-10-12-14-16-15-13-11-9-7-5-3-1/h15-19H2,1-14H3;2*1-16H2. The third-order valence-corrected chi connectivity index (χ3v) is 15.6. The van der Waals surface area contributed by atoms with E-state index in [2.05, 4.69) is 96.9 Å². The van der Waals surface area contributed by atoms with Crippen molar-refractivity contribution in [3.63, 3.8) is 0 Å². The van der Waals surface area contributed by atoms with Gasteiger partial charge in [0.2, 0.25) is 0 Å². The first-order valence-corrected chi connectivity index (χ1v) is 26.6. The summed E-state index contributed by atoms with van der Waals surface area (Å²) in [6.07, 6.45) is 54.6. The molecule has 0 bridgehead atoms. The molecule has 0 aliphatic heterocycles. The third kappa shape index (κ3) is 33.3. The van der Waals surface area contributed by atoms with Crippen molar-refractivity contribution >= 4 is 0 Å². The predicted octanol–water partition coefficient (Wildman–Crippen LogP) is 21.6. The molecule has 0 radical (unpaired) electrons. The van der Waals surface area contributed by atoms with Gasteiger partial charge in [-0.2, -0.15) is 0 Å². The third-order valence-electron chi connectivity index (χ3n) is 15.6. The van der Waals surface area contributed by atoms with Gasteiger partial charge in [-0.3, -0.25) is 0 Å². The van der Waals surface area contributed by atoms with Crippen molar-refractivity contribution in [2.45, 2.75) is 335 Å². The van der Waals surface area contributed by atoms with Gasteiger partial charge in [0, 0.05) is 0 Å². The molecule has 0 aromatic rings. The first-order chi connectivity index (χ1) is 26.6. The normalized spacial score (nSPS) is 20.3. The summed E-state index contributed by atoms with van der Waals surface area (Å²) in [4.78, 5) is 0. The van der Waals surface area contributed by atoms with Gasteiger partial charge < -0.3 is 0 Å². The molecule has 0 atom stereocenters. The van der Waals surface area contributed by atoms with Crippen LogP contribution in [0.5, 0.6) is 0 Å². The maximum atomic E-state index is 2.48. The van der Waals surface area contributed by atoms with Crippen LogP contribution in [-0.4, -0.2) is 0 Å². The maximum absolute atomic E-state index is 2.48. The van der Waals surface area contributed by atoms with Crippen LogP contribution in [-0.2, 0) is 0 Å². The summed E-state index contributed by atoms with van der Waals surface area (Å²) in [7, 11) is 0. The minimum Gasteiger partial charge on any atom is -0.0599 e. The Balaban J connectivity index is 0.000000857. The van der Waals surface area contributed by atoms with Crippen LogP contribution in [0.25, 0.3) is 0 Å². The van der Waals surface area contributed by atoms with E-state index < -0.39 is 0 Å². The topological polar surface area (TPSA) is 0 Å². The van der Waals surface area contributed by atoms with E-state index in [1.807, 2.05) is 0 Å². The van der Waals surface area contributed by atoms with Crippen LogP contribution in [0, 0.1) is 32.5 Å². The molecule has 2 fully saturated rings. The Morgan fingerprint density at radius 2 is 0.333 bits per heavy atom. The largest absolute Gasteiger partial charge is 0.0599 e. The lowest BCUT2D eigenvalue weighted by molar-refractivity contribution is 0.0504. The van der Waals surface area contributed by atoms with E-state index in [0.717, 1.165) is 0 Å². The molecule has 0 aromatic carbocycles. The smallest absolute Gasteiger partial charge is 0.0300 e. The molecule has 0 saturated heterocycles. The zero-order valence-electron chi connectivity index (χ0n) is 43.2. The van der Waals surface area contributed by atoms with Gasteiger partial charge >= 0.3 is 0 Å². The molecule has 0 N–H and O–H groups in total. The zero-order chi connectivity index (χ0) is 43.2. The Hall–Kier alpha value is 0. The lowest BCUT2D eigenvalue weighted by Gasteiger charge is -2.45. The van der Waals surface area contributed by atoms with Crippen LogP contribution in [0.3, 0.4) is 0 Å². The second kappa shape index (κ2) is 31.8. The monoisotopic (exact) mass is 801 g/mol. The van der Waals surface area contributed by atoms with Gasteiger partial charge in [-0.05, 0) is 58.2 Å². The molecule has 0 aromatic heterocycles. The molecule has 344 valence electrons. The van der Waals surface area contributed by atoms with Crippen LogP contribution >= 0.6 is 0 Å². The van der Waals surface area contributed by atoms with Crippen LogP contribution < -0.4 is 0 Å². The molecule has 2 aliphatic carbocycles. The van der Waals surface area contributed by atoms with E-state index in [9.17, 15) is 0 Å². The molecular formula is C57H116. The first-order valence-electron chi connectivity index (χ1n) is 26.6. The van der Waals surface area contributed by atoms with Crippen molar-refractivity contribution in [1.29, 1.82) is 0 Å². The fraction of sp³-hybridized carbons (Fsp3) is 1.00. The SMILES string of the molecule is C1CCCCCCCCCCCCCCC1.C1CCCCCCCCCCCCCCC1.CC(C)(CCCC(C)(C)CC(C)(C)C(C)(C)C)CC(C)(C)C(C)(C)C. The molecule has 0 heterocycles. The van der Waals surface area contributed by atoms with Crippen LogP contribution in [0.15, 0.2) is 0 Å². The molecule has 2 aliphatic rings. The second-order valence-corrected chi connectivity index (χ2v) is 25.1. The van der Waals surface area contributed by atoms with E-state index in [1.165, 1.54) is 238 Å². The van der Waals surface area contributed by atoms with E-state index in [0.29, 0.717) is 32.5 Å². The highest BCUT2D eigenvalue weighted by molar-refractivity contribution is 4.90. The van der Waals surface area contributed by atoms with Gasteiger partial charge in [-0.1, -0.05) is 309 Å². The van der Waals surface area contributed by atoms with Gasteiger partial charge in [-0.15, -0.1) is 0 Å². The predicted molar refractivity (Wildman–Crippen MR) is 265 cm³/mol. The minimum absolute atomic E-state index is 0.361. The Morgan fingerprint density at radius 3 is 0.439 bits per heavy atom. The first kappa shape index (κ1) is 57.0. The van der Waals surface area contributed by atoms with Crippen molar-refractivity contribution in [2.24, 2.45) is 32.5 Å². The average Bonchev–Trinajstić information content (AvgIpc) is 3.07. The molecular weight excluding hydrogens is 685 g/mol. The molecule has 2 rings (SSSR count). The zero-order valence-corrected chi connectivity index (χ0v) is 43.2. The quantitative estimate of drug-likeness (QED) is 0.229. The van der Waals surface area contributed by atoms with Gasteiger partial charge in [0.1, 0.15) is 0 Å². The van der Waals surface area contributed by atoms with Crippen molar-refractivity contribution in [2.75, 3.05) is 0 Å². The Bertz CT molecular complexity index is 669. The Morgan fingerprint density at radius 1 is 0.211 bits per heavy atom. The highest BCUT2D eigenvalue weighted by Crippen LogP contribution is 2.50. The second-order valence-electron chi connectivity index (χ2n) is 25.1. The summed E-state index contributed by atoms with van der Waals surface area (Å²) in [6, 6.07) is 0. The van der Waals surface area contributed by atoms with Gasteiger partial charge in [0.15, 0.2) is 0 Å². The molecule has 57 heavy (non-hydrogen) atoms.